The molecule has 236 valence electrons. The molecule has 0 aliphatic heterocycles. The van der Waals surface area contributed by atoms with Crippen LogP contribution >= 0.6 is 0 Å². The number of carbonyl (C=O) groups excluding carboxylic acids is 3. The molecule has 0 radical (unpaired) electrons. The summed E-state index contributed by atoms with van der Waals surface area (Å²) >= 11 is 0. The Balaban J connectivity index is 3.29. The molecule has 0 saturated heterocycles. The fourth-order valence-electron chi connectivity index (χ4n) is 4.55. The lowest BCUT2D eigenvalue weighted by atomic mass is 9.88. The average molecular weight is 609 g/mol. The largest absolute Gasteiger partial charge is 0.469 e. The number of Topliss-reactive ketones (excluding diaryl/α,β-unsaturated/α-hetero) is 2. The van der Waals surface area contributed by atoms with Gasteiger partial charge < -0.3 is 13.6 Å². The molecule has 0 aromatic carbocycles. The van der Waals surface area contributed by atoms with E-state index in [4.69, 9.17) is 8.85 Å². The van der Waals surface area contributed by atoms with Crippen molar-refractivity contribution in [2.24, 2.45) is 11.8 Å². The van der Waals surface area contributed by atoms with Crippen LogP contribution in [0.2, 0.25) is 36.3 Å². The van der Waals surface area contributed by atoms with E-state index in [2.05, 4.69) is 91.5 Å². The maximum Gasteiger partial charge on any atom is 0.309 e. The molecule has 1 aliphatic rings. The van der Waals surface area contributed by atoms with E-state index in [9.17, 15) is 14.4 Å². The third-order valence-electron chi connectivity index (χ3n) is 9.33. The first kappa shape index (κ1) is 37.7. The Morgan fingerprint density at radius 2 is 1.54 bits per heavy atom. The van der Waals surface area contributed by atoms with Crippen molar-refractivity contribution in [3.8, 4) is 0 Å². The normalized spacial score (nSPS) is 21.7. The number of carbonyl (C=O) groups is 3. The minimum atomic E-state index is -2.15. The molecule has 0 aromatic heterocycles. The van der Waals surface area contributed by atoms with Gasteiger partial charge in [-0.1, -0.05) is 92.0 Å². The minimum absolute atomic E-state index is 0.00661. The molecule has 41 heavy (non-hydrogen) atoms. The van der Waals surface area contributed by atoms with Gasteiger partial charge in [-0.2, -0.15) is 0 Å². The van der Waals surface area contributed by atoms with Gasteiger partial charge in [0.15, 0.2) is 16.6 Å². The lowest BCUT2D eigenvalue weighted by Crippen LogP contribution is -2.45. The lowest BCUT2D eigenvalue weighted by molar-refractivity contribution is -0.139. The van der Waals surface area contributed by atoms with Crippen LogP contribution in [0.5, 0.6) is 0 Å². The number of hydrogen-bond acceptors (Lipinski definition) is 6. The molecule has 0 amide bonds. The lowest BCUT2D eigenvalue weighted by Gasteiger charge is -2.40. The van der Waals surface area contributed by atoms with Gasteiger partial charge in [-0.25, -0.2) is 0 Å². The van der Waals surface area contributed by atoms with E-state index in [-0.39, 0.29) is 65.0 Å². The zero-order chi connectivity index (χ0) is 31.6. The Morgan fingerprint density at radius 3 is 2.07 bits per heavy atom. The van der Waals surface area contributed by atoms with Crippen molar-refractivity contribution in [3.63, 3.8) is 0 Å². The van der Waals surface area contributed by atoms with E-state index in [0.717, 1.165) is 25.7 Å². The maximum absolute atomic E-state index is 13.4. The predicted molar refractivity (Wildman–Crippen MR) is 174 cm³/mol. The maximum atomic E-state index is 13.4. The summed E-state index contributed by atoms with van der Waals surface area (Å²) in [4.78, 5) is 37.7. The van der Waals surface area contributed by atoms with Crippen molar-refractivity contribution in [2.45, 2.75) is 148 Å². The first-order valence-corrected chi connectivity index (χ1v) is 21.4. The third-order valence-corrected chi connectivity index (χ3v) is 18.3. The van der Waals surface area contributed by atoms with Crippen molar-refractivity contribution >= 4 is 34.2 Å². The summed E-state index contributed by atoms with van der Waals surface area (Å²) < 4.78 is 18.3. The van der Waals surface area contributed by atoms with Gasteiger partial charge in [0.2, 0.25) is 0 Å². The average Bonchev–Trinajstić information content (AvgIpc) is 3.11. The second kappa shape index (κ2) is 15.9. The summed E-state index contributed by atoms with van der Waals surface area (Å²) in [6.45, 7) is 24.6. The molecular weight excluding hydrogens is 549 g/mol. The van der Waals surface area contributed by atoms with Crippen LogP contribution in [0.1, 0.15) is 99.8 Å². The molecule has 1 fully saturated rings. The van der Waals surface area contributed by atoms with E-state index in [0.29, 0.717) is 6.42 Å². The second-order valence-electron chi connectivity index (χ2n) is 14.8. The Hall–Kier alpha value is -1.36. The van der Waals surface area contributed by atoms with Gasteiger partial charge in [0.1, 0.15) is 11.6 Å². The summed E-state index contributed by atoms with van der Waals surface area (Å²) in [6.07, 6.45) is 12.6. The van der Waals surface area contributed by atoms with Gasteiger partial charge in [-0.15, -0.1) is 0 Å². The number of allylic oxidation sites excluding steroid dienone is 1. The van der Waals surface area contributed by atoms with E-state index < -0.39 is 22.6 Å². The van der Waals surface area contributed by atoms with Crippen LogP contribution in [0.3, 0.4) is 0 Å². The van der Waals surface area contributed by atoms with Crippen LogP contribution in [-0.4, -0.2) is 53.5 Å². The Bertz CT molecular complexity index is 923. The molecule has 1 aliphatic carbocycles. The molecule has 8 heteroatoms. The highest BCUT2D eigenvalue weighted by Crippen LogP contribution is 2.43. The molecule has 0 heterocycles. The second-order valence-corrected chi connectivity index (χ2v) is 24.3. The fourth-order valence-corrected chi connectivity index (χ4v) is 7.20. The third kappa shape index (κ3) is 12.0. The summed E-state index contributed by atoms with van der Waals surface area (Å²) in [7, 11) is -2.81. The minimum Gasteiger partial charge on any atom is -0.469 e. The highest BCUT2D eigenvalue weighted by Gasteiger charge is 2.47. The van der Waals surface area contributed by atoms with Gasteiger partial charge in [0.05, 0.1) is 25.7 Å². The van der Waals surface area contributed by atoms with E-state index >= 15 is 0 Å². The van der Waals surface area contributed by atoms with Crippen molar-refractivity contribution in [3.05, 3.63) is 24.3 Å². The number of rotatable bonds is 16. The molecule has 0 N–H and O–H groups in total. The topological polar surface area (TPSA) is 78.9 Å². The standard InChI is InChI=1S/C33H60O6Si2/c1-13-14-15-19-26(38-40(9,10)32(2,3)4)21-22-27-28(23-25(34)18-16-17-20-31(36)37-8)29(35)24-30(27)39-41(11,12)33(5,6)7/h16-17,21-22,26-28,30H,13-15,18-20,23-24H2,1-12H3/b17-16+,22-21+/t26?,27-,28-,30?/m1/s1. The first-order chi connectivity index (χ1) is 18.8. The molecule has 0 spiro atoms. The number of hydrogen-bond donors (Lipinski definition) is 0. The van der Waals surface area contributed by atoms with E-state index in [1.807, 2.05) is 0 Å². The van der Waals surface area contributed by atoms with Gasteiger partial charge in [0, 0.05) is 31.1 Å². The van der Waals surface area contributed by atoms with Crippen molar-refractivity contribution in [2.75, 3.05) is 7.11 Å². The number of ketones is 2. The van der Waals surface area contributed by atoms with Crippen LogP contribution in [0.25, 0.3) is 0 Å². The van der Waals surface area contributed by atoms with Crippen LogP contribution in [0.4, 0.5) is 0 Å². The van der Waals surface area contributed by atoms with Crippen molar-refractivity contribution in [1.82, 2.24) is 0 Å². The van der Waals surface area contributed by atoms with Gasteiger partial charge in [-0.05, 0) is 42.7 Å². The Kier molecular flexibility index (Phi) is 14.6. The quantitative estimate of drug-likeness (QED) is 0.0756. The number of methoxy groups -OCH3 is 1. The summed E-state index contributed by atoms with van der Waals surface area (Å²) in [6, 6.07) is 0. The van der Waals surface area contributed by atoms with Crippen molar-refractivity contribution < 1.29 is 28.0 Å². The van der Waals surface area contributed by atoms with Crippen LogP contribution in [0.15, 0.2) is 24.3 Å². The number of unbranched alkanes of at least 4 members (excludes halogenated alkanes) is 2. The Morgan fingerprint density at radius 1 is 0.951 bits per heavy atom. The Labute approximate surface area is 253 Å². The number of ether oxygens (including phenoxy) is 1. The summed E-state index contributed by atoms with van der Waals surface area (Å²) in [5.41, 5.74) is 0. The zero-order valence-electron chi connectivity index (χ0n) is 28.2. The molecule has 0 bridgehead atoms. The van der Waals surface area contributed by atoms with Crippen LogP contribution in [-0.2, 0) is 28.0 Å². The highest BCUT2D eigenvalue weighted by atomic mass is 28.4. The molecular formula is C33H60O6Si2. The molecule has 6 nitrogen and oxygen atoms in total. The first-order valence-electron chi connectivity index (χ1n) is 15.6. The van der Waals surface area contributed by atoms with Gasteiger partial charge >= 0.3 is 5.97 Å². The number of esters is 1. The van der Waals surface area contributed by atoms with E-state index in [1.54, 1.807) is 12.2 Å². The zero-order valence-corrected chi connectivity index (χ0v) is 30.2. The molecule has 1 rings (SSSR count). The summed E-state index contributed by atoms with van der Waals surface area (Å²) in [5.74, 6) is -0.831. The molecule has 1 saturated carbocycles. The SMILES string of the molecule is CCCCCC(/C=C/[C@H]1C(O[Si](C)(C)C(C)(C)C)CC(=O)[C@@H]1CC(=O)C/C=C/CC(=O)OC)O[Si](C)(C)C(C)(C)C. The van der Waals surface area contributed by atoms with Gasteiger partial charge in [0.25, 0.3) is 0 Å². The van der Waals surface area contributed by atoms with Crippen LogP contribution < -0.4 is 0 Å². The van der Waals surface area contributed by atoms with Gasteiger partial charge in [-0.3, -0.25) is 14.4 Å². The monoisotopic (exact) mass is 608 g/mol. The van der Waals surface area contributed by atoms with E-state index in [1.165, 1.54) is 7.11 Å². The molecule has 2 unspecified atom stereocenters. The summed E-state index contributed by atoms with van der Waals surface area (Å²) in [5, 5.41) is 0.105. The fraction of sp³-hybridized carbons (Fsp3) is 0.788. The molecule has 4 atom stereocenters. The van der Waals surface area contributed by atoms with Crippen molar-refractivity contribution in [1.29, 1.82) is 0 Å². The van der Waals surface area contributed by atoms with Crippen LogP contribution in [0, 0.1) is 11.8 Å². The predicted octanol–water partition coefficient (Wildman–Crippen LogP) is 8.58. The highest BCUT2D eigenvalue weighted by molar-refractivity contribution is 6.74. The molecule has 0 aromatic rings. The smallest absolute Gasteiger partial charge is 0.309 e.